The number of aliphatic hydroxyl groups excluding tert-OH is 1. The summed E-state index contributed by atoms with van der Waals surface area (Å²) in [5, 5.41) is 10.6. The molecule has 4 aromatic carbocycles. The second-order valence-electron chi connectivity index (χ2n) is 10.9. The van der Waals surface area contributed by atoms with Crippen LogP contribution in [0.4, 0.5) is 0 Å². The average Bonchev–Trinajstić information content (AvgIpc) is 2.92. The van der Waals surface area contributed by atoms with E-state index in [0.29, 0.717) is 5.75 Å². The van der Waals surface area contributed by atoms with Crippen LogP contribution in [0.1, 0.15) is 73.8 Å². The minimum absolute atomic E-state index is 0.233. The maximum atomic E-state index is 13.4. The van der Waals surface area contributed by atoms with Gasteiger partial charge in [0.15, 0.2) is 0 Å². The van der Waals surface area contributed by atoms with E-state index < -0.39 is 12.1 Å². The fourth-order valence-electron chi connectivity index (χ4n) is 5.23. The molecule has 0 radical (unpaired) electrons. The Morgan fingerprint density at radius 3 is 1.73 bits per heavy atom. The molecule has 0 heterocycles. The van der Waals surface area contributed by atoms with Gasteiger partial charge < -0.3 is 9.84 Å². The van der Waals surface area contributed by atoms with Crippen molar-refractivity contribution in [3.63, 3.8) is 0 Å². The van der Waals surface area contributed by atoms with E-state index in [0.717, 1.165) is 38.9 Å². The summed E-state index contributed by atoms with van der Waals surface area (Å²) in [4.78, 5) is 13.4. The Balaban J connectivity index is 1.86. The summed E-state index contributed by atoms with van der Waals surface area (Å²) >= 11 is 0. The lowest BCUT2D eigenvalue weighted by molar-refractivity contribution is -0.135. The van der Waals surface area contributed by atoms with E-state index in [-0.39, 0.29) is 18.3 Å². The van der Waals surface area contributed by atoms with E-state index in [2.05, 4.69) is 83.7 Å². The number of hydrogen-bond donors (Lipinski definition) is 1. The van der Waals surface area contributed by atoms with Crippen LogP contribution in [-0.2, 0) is 4.79 Å². The van der Waals surface area contributed by atoms with Gasteiger partial charge in [-0.1, -0.05) is 112 Å². The fraction of sp³-hybridized carbons (Fsp3) is 0.270. The normalized spacial score (nSPS) is 11.7. The van der Waals surface area contributed by atoms with Crippen LogP contribution in [0.3, 0.4) is 0 Å². The van der Waals surface area contributed by atoms with Crippen molar-refractivity contribution in [3.05, 3.63) is 113 Å². The summed E-state index contributed by atoms with van der Waals surface area (Å²) in [6.07, 6.45) is -1.37. The molecule has 1 atom stereocenters. The van der Waals surface area contributed by atoms with Crippen LogP contribution in [0.25, 0.3) is 22.3 Å². The maximum absolute atomic E-state index is 13.4. The topological polar surface area (TPSA) is 46.5 Å². The predicted octanol–water partition coefficient (Wildman–Crippen LogP) is 8.59. The molecule has 0 unspecified atom stereocenters. The van der Waals surface area contributed by atoms with Crippen LogP contribution >= 0.6 is 0 Å². The summed E-state index contributed by atoms with van der Waals surface area (Å²) in [5.74, 6) is 6.29. The van der Waals surface area contributed by atoms with Gasteiger partial charge in [0, 0.05) is 16.7 Å². The zero-order valence-corrected chi connectivity index (χ0v) is 24.3. The first-order valence-electron chi connectivity index (χ1n) is 14.0. The first-order chi connectivity index (χ1) is 19.2. The van der Waals surface area contributed by atoms with Crippen molar-refractivity contribution in [1.82, 2.24) is 0 Å². The molecular weight excluding hydrogens is 492 g/mol. The van der Waals surface area contributed by atoms with E-state index in [1.807, 2.05) is 54.6 Å². The van der Waals surface area contributed by atoms with Crippen LogP contribution in [-0.4, -0.2) is 17.2 Å². The Kier molecular flexibility index (Phi) is 9.25. The Hall–Kier alpha value is -4.13. The largest absolute Gasteiger partial charge is 0.425 e. The Labute approximate surface area is 238 Å². The Morgan fingerprint density at radius 1 is 0.750 bits per heavy atom. The summed E-state index contributed by atoms with van der Waals surface area (Å²) in [6, 6.07) is 28.2. The third-order valence-electron chi connectivity index (χ3n) is 7.11. The minimum atomic E-state index is -1.14. The van der Waals surface area contributed by atoms with Gasteiger partial charge in [-0.05, 0) is 71.2 Å². The quantitative estimate of drug-likeness (QED) is 0.148. The average molecular weight is 531 g/mol. The lowest BCUT2D eigenvalue weighted by Crippen LogP contribution is -2.18. The molecule has 1 N–H and O–H groups in total. The Bertz CT molecular complexity index is 1480. The molecule has 204 valence electrons. The Morgan fingerprint density at radius 2 is 1.23 bits per heavy atom. The number of carbonyl (C=O) groups is 1. The van der Waals surface area contributed by atoms with Gasteiger partial charge >= 0.3 is 5.97 Å². The van der Waals surface area contributed by atoms with E-state index in [4.69, 9.17) is 4.74 Å². The molecule has 0 bridgehead atoms. The molecule has 0 aromatic heterocycles. The highest BCUT2D eigenvalue weighted by Crippen LogP contribution is 2.47. The maximum Gasteiger partial charge on any atom is 0.314 e. The monoisotopic (exact) mass is 530 g/mol. The molecule has 3 heteroatoms. The standard InChI is InChI=1S/C37H38O3/c1-24(2)30-16-10-12-18-32(30)35-26(5)22-27(6)36(33-19-13-11-17-31(33)25(3)4)37(35)40-34(39)23-29(38)21-20-28-14-8-7-9-15-28/h7-19,22,24-25,29,38H,23H2,1-6H3/t29-/m0/s1. The van der Waals surface area contributed by atoms with Crippen molar-refractivity contribution in [1.29, 1.82) is 0 Å². The van der Waals surface area contributed by atoms with Gasteiger partial charge in [-0.25, -0.2) is 0 Å². The molecule has 4 rings (SSSR count). The minimum Gasteiger partial charge on any atom is -0.425 e. The smallest absolute Gasteiger partial charge is 0.314 e. The zero-order valence-electron chi connectivity index (χ0n) is 24.3. The molecule has 0 saturated heterocycles. The van der Waals surface area contributed by atoms with Crippen LogP contribution in [0.15, 0.2) is 84.9 Å². The van der Waals surface area contributed by atoms with Gasteiger partial charge in [0.05, 0.1) is 6.42 Å². The summed E-state index contributed by atoms with van der Waals surface area (Å²) < 4.78 is 6.27. The second kappa shape index (κ2) is 12.8. The van der Waals surface area contributed by atoms with E-state index in [9.17, 15) is 9.90 Å². The first kappa shape index (κ1) is 28.9. The SMILES string of the molecule is Cc1cc(C)c(-c2ccccc2C(C)C)c(OC(=O)C[C@@H](O)C#Cc2ccccc2)c1-c1ccccc1C(C)C. The number of carbonyl (C=O) groups excluding carboxylic acids is 1. The molecule has 0 aliphatic heterocycles. The number of hydrogen-bond acceptors (Lipinski definition) is 3. The van der Waals surface area contributed by atoms with Crippen molar-refractivity contribution in [2.24, 2.45) is 0 Å². The zero-order chi connectivity index (χ0) is 28.8. The summed E-state index contributed by atoms with van der Waals surface area (Å²) in [7, 11) is 0. The first-order valence-corrected chi connectivity index (χ1v) is 14.0. The number of aryl methyl sites for hydroxylation is 2. The molecule has 0 aliphatic carbocycles. The number of esters is 1. The predicted molar refractivity (Wildman–Crippen MR) is 165 cm³/mol. The molecule has 0 saturated carbocycles. The number of ether oxygens (including phenoxy) is 1. The van der Waals surface area contributed by atoms with Gasteiger partial charge in [0.25, 0.3) is 0 Å². The van der Waals surface area contributed by atoms with E-state index in [1.54, 1.807) is 0 Å². The molecule has 0 aliphatic rings. The lowest BCUT2D eigenvalue weighted by atomic mass is 9.84. The molecule has 0 amide bonds. The molecule has 40 heavy (non-hydrogen) atoms. The van der Waals surface area contributed by atoms with Crippen molar-refractivity contribution < 1.29 is 14.6 Å². The highest BCUT2D eigenvalue weighted by molar-refractivity contribution is 5.91. The lowest BCUT2D eigenvalue weighted by Gasteiger charge is -2.24. The fourth-order valence-corrected chi connectivity index (χ4v) is 5.23. The third-order valence-corrected chi connectivity index (χ3v) is 7.11. The van der Waals surface area contributed by atoms with Crippen molar-refractivity contribution in [2.45, 2.75) is 65.9 Å². The molecule has 0 fully saturated rings. The van der Waals surface area contributed by atoms with Crippen LogP contribution in [0, 0.1) is 25.7 Å². The van der Waals surface area contributed by atoms with Crippen molar-refractivity contribution in [2.75, 3.05) is 0 Å². The molecule has 0 spiro atoms. The van der Waals surface area contributed by atoms with Gasteiger partial charge in [0.2, 0.25) is 0 Å². The highest BCUT2D eigenvalue weighted by atomic mass is 16.5. The number of benzene rings is 4. The summed E-state index contributed by atoms with van der Waals surface area (Å²) in [5.41, 5.74) is 9.11. The van der Waals surface area contributed by atoms with Gasteiger partial charge in [-0.3, -0.25) is 4.79 Å². The summed E-state index contributed by atoms with van der Waals surface area (Å²) in [6.45, 7) is 12.8. The van der Waals surface area contributed by atoms with E-state index in [1.165, 1.54) is 11.1 Å². The second-order valence-corrected chi connectivity index (χ2v) is 10.9. The highest BCUT2D eigenvalue weighted by Gasteiger charge is 2.25. The van der Waals surface area contributed by atoms with Gasteiger partial charge in [0.1, 0.15) is 11.9 Å². The molecular formula is C37H38O3. The molecule has 4 aromatic rings. The number of aliphatic hydroxyl groups is 1. The number of rotatable bonds is 7. The van der Waals surface area contributed by atoms with Gasteiger partial charge in [-0.15, -0.1) is 0 Å². The van der Waals surface area contributed by atoms with Crippen LogP contribution < -0.4 is 4.74 Å². The van der Waals surface area contributed by atoms with Crippen molar-refractivity contribution in [3.8, 4) is 39.8 Å². The molecule has 3 nitrogen and oxygen atoms in total. The van der Waals surface area contributed by atoms with Crippen LogP contribution in [0.2, 0.25) is 0 Å². The van der Waals surface area contributed by atoms with Gasteiger partial charge in [-0.2, -0.15) is 0 Å². The van der Waals surface area contributed by atoms with Crippen LogP contribution in [0.5, 0.6) is 5.75 Å². The third kappa shape index (κ3) is 6.53. The van der Waals surface area contributed by atoms with Crippen molar-refractivity contribution >= 4 is 5.97 Å². The van der Waals surface area contributed by atoms with E-state index >= 15 is 0 Å².